The monoisotopic (exact) mass is 986 g/mol. The molecule has 15 nitrogen and oxygen atoms in total. The van der Waals surface area contributed by atoms with E-state index in [9.17, 15) is 34.2 Å². The van der Waals surface area contributed by atoms with Crippen LogP contribution in [0.25, 0.3) is 0 Å². The van der Waals surface area contributed by atoms with E-state index in [1.54, 1.807) is 41.1 Å². The van der Waals surface area contributed by atoms with Crippen molar-refractivity contribution in [1.82, 2.24) is 4.90 Å². The van der Waals surface area contributed by atoms with E-state index in [2.05, 4.69) is 0 Å². The van der Waals surface area contributed by atoms with E-state index < -0.39 is 77.8 Å². The maximum atomic E-state index is 14.5. The highest BCUT2D eigenvalue weighted by atomic mass is 16.6. The molecule has 1 amide bonds. The average Bonchev–Trinajstić information content (AvgIpc) is 3.34. The second kappa shape index (κ2) is 28.7. The first-order valence-corrected chi connectivity index (χ1v) is 26.0. The number of allylic oxidation sites excluding steroid dienone is 6. The van der Waals surface area contributed by atoms with Gasteiger partial charge in [-0.2, -0.15) is 0 Å². The fraction of sp³-hybridized carbons (Fsp3) is 0.764. The second-order valence-electron chi connectivity index (χ2n) is 20.6. The third-order valence-electron chi connectivity index (χ3n) is 15.2. The van der Waals surface area contributed by atoms with Crippen molar-refractivity contribution in [3.8, 4) is 0 Å². The van der Waals surface area contributed by atoms with Gasteiger partial charge in [0.05, 0.1) is 37.6 Å². The number of hydrogen-bond donors (Lipinski definition) is 2. The molecule has 2 unspecified atom stereocenters. The topological polar surface area (TPSA) is 194 Å². The van der Waals surface area contributed by atoms with Crippen LogP contribution in [0.3, 0.4) is 0 Å². The first-order chi connectivity index (χ1) is 33.3. The average molecular weight is 986 g/mol. The van der Waals surface area contributed by atoms with Gasteiger partial charge in [0.2, 0.25) is 5.79 Å². The maximum absolute atomic E-state index is 14.5. The van der Waals surface area contributed by atoms with Crippen molar-refractivity contribution in [2.75, 3.05) is 47.7 Å². The number of rotatable bonds is 11. The zero-order valence-electron chi connectivity index (χ0n) is 44.1. The summed E-state index contributed by atoms with van der Waals surface area (Å²) in [7, 11) is 4.64. The third kappa shape index (κ3) is 16.3. The minimum atomic E-state index is -2.43. The number of hydrogen-bond acceptors (Lipinski definition) is 14. The predicted molar refractivity (Wildman–Crippen MR) is 265 cm³/mol. The van der Waals surface area contributed by atoms with Crippen LogP contribution in [0.5, 0.6) is 0 Å². The number of methoxy groups -OCH3 is 3. The SMILES string of the molecule is CCOCCO[C@@H]1CC[C@@H](C[C@@H](C)[C@@H]2CC(=O)[C@H](C)/C=C(\C)[C@@H](O)[C@@H](OC)C(=O)[C@H](C)C[C@H](C)/C=C/C=C/C=C(\C)[C@@H](OC)CC3CC[C@@H](C)[C@@](O)(O3)C(=O)C(=O)N3CCCCC3C(=O)O2)C[C@H]1OC. The Morgan fingerprint density at radius 1 is 0.843 bits per heavy atom. The second-order valence-corrected chi connectivity index (χ2v) is 20.6. The number of amides is 1. The van der Waals surface area contributed by atoms with Gasteiger partial charge in [-0.3, -0.25) is 19.2 Å². The molecule has 0 aromatic rings. The number of Topliss-reactive ketones (excluding diaryl/α,β-unsaturated/α-hetero) is 3. The number of cyclic esters (lactones) is 1. The summed E-state index contributed by atoms with van der Waals surface area (Å²) in [5.74, 6) is -7.83. The van der Waals surface area contributed by atoms with Crippen molar-refractivity contribution in [3.05, 3.63) is 47.6 Å². The van der Waals surface area contributed by atoms with Crippen LogP contribution in [0.2, 0.25) is 0 Å². The summed E-state index contributed by atoms with van der Waals surface area (Å²) in [5.41, 5.74) is 1.28. The molecule has 0 spiro atoms. The molecule has 0 aromatic heterocycles. The Morgan fingerprint density at radius 3 is 2.27 bits per heavy atom. The highest BCUT2D eigenvalue weighted by Gasteiger charge is 2.53. The molecule has 1 aliphatic carbocycles. The third-order valence-corrected chi connectivity index (χ3v) is 15.2. The number of aliphatic hydroxyl groups is 2. The summed E-state index contributed by atoms with van der Waals surface area (Å²) in [5, 5.41) is 23.5. The molecule has 3 heterocycles. The van der Waals surface area contributed by atoms with Crippen LogP contribution in [-0.2, 0) is 57.1 Å². The van der Waals surface area contributed by atoms with Gasteiger partial charge in [0.1, 0.15) is 30.1 Å². The van der Waals surface area contributed by atoms with E-state index >= 15 is 0 Å². The summed E-state index contributed by atoms with van der Waals surface area (Å²) in [6.07, 6.45) is 12.4. The van der Waals surface area contributed by atoms with Crippen LogP contribution in [-0.4, -0.2) is 147 Å². The Bertz CT molecular complexity index is 1840. The summed E-state index contributed by atoms with van der Waals surface area (Å²) >= 11 is 0. The standard InChI is InChI=1S/C55H87NO14/c1-12-67-26-27-68-45-24-22-41(31-48(45)65-10)30-37(5)47-33-44(57)36(4)29-39(7)50(59)51(66-11)49(58)38(6)28-34(2)18-14-13-15-19-35(3)46(64-9)32-42-23-21-40(8)55(63,70-42)52(60)53(61)56-25-17-16-20-43(56)54(62)69-47/h13-15,18-19,29,34,36-38,40-43,45-48,50-51,59,63H,12,16-17,20-28,30-33H2,1-11H3/b15-13+,18-14+,35-19+,39-29+/t34-,36-,37-,38-,40-,41+,42?,43?,45-,46+,47+,48-,50-,51+,55-/m1/s1. The molecular formula is C55H87NO14. The summed E-state index contributed by atoms with van der Waals surface area (Å²) in [4.78, 5) is 72.4. The molecule has 0 radical (unpaired) electrons. The Hall–Kier alpha value is -3.41. The molecule has 15 atom stereocenters. The molecule has 4 aliphatic rings. The van der Waals surface area contributed by atoms with Gasteiger partial charge in [-0.1, -0.05) is 71.1 Å². The number of nitrogens with zero attached hydrogens (tertiary/aromatic N) is 1. The quantitative estimate of drug-likeness (QED) is 0.0911. The van der Waals surface area contributed by atoms with Crippen LogP contribution in [0.15, 0.2) is 47.6 Å². The van der Waals surface area contributed by atoms with Gasteiger partial charge in [0.15, 0.2) is 5.78 Å². The Labute approximate surface area is 418 Å². The van der Waals surface area contributed by atoms with E-state index in [0.29, 0.717) is 76.8 Å². The van der Waals surface area contributed by atoms with Crippen molar-refractivity contribution in [2.45, 2.75) is 187 Å². The molecule has 2 N–H and O–H groups in total. The highest BCUT2D eigenvalue weighted by Crippen LogP contribution is 2.38. The van der Waals surface area contributed by atoms with Crippen molar-refractivity contribution >= 4 is 29.2 Å². The van der Waals surface area contributed by atoms with Gasteiger partial charge >= 0.3 is 5.97 Å². The fourth-order valence-corrected chi connectivity index (χ4v) is 10.7. The molecule has 3 aliphatic heterocycles. The maximum Gasteiger partial charge on any atom is 0.329 e. The number of esters is 1. The zero-order valence-corrected chi connectivity index (χ0v) is 44.1. The van der Waals surface area contributed by atoms with E-state index in [1.165, 1.54) is 12.0 Å². The lowest BCUT2D eigenvalue weighted by atomic mass is 9.78. The van der Waals surface area contributed by atoms with Crippen LogP contribution in [0.4, 0.5) is 0 Å². The van der Waals surface area contributed by atoms with E-state index in [-0.39, 0.29) is 60.9 Å². The van der Waals surface area contributed by atoms with Crippen LogP contribution in [0, 0.1) is 35.5 Å². The predicted octanol–water partition coefficient (Wildman–Crippen LogP) is 7.24. The van der Waals surface area contributed by atoms with Gasteiger partial charge < -0.3 is 48.3 Å². The molecule has 2 bridgehead atoms. The lowest BCUT2D eigenvalue weighted by molar-refractivity contribution is -0.265. The van der Waals surface area contributed by atoms with E-state index in [4.69, 9.17) is 33.2 Å². The van der Waals surface area contributed by atoms with Gasteiger partial charge in [0, 0.05) is 65.1 Å². The van der Waals surface area contributed by atoms with E-state index in [1.807, 2.05) is 65.0 Å². The van der Waals surface area contributed by atoms with Crippen molar-refractivity contribution < 1.29 is 67.3 Å². The number of carbonyl (C=O) groups is 5. The summed E-state index contributed by atoms with van der Waals surface area (Å²) in [6.45, 7) is 16.4. The Balaban J connectivity index is 1.68. The largest absolute Gasteiger partial charge is 0.460 e. The lowest BCUT2D eigenvalue weighted by Crippen LogP contribution is -2.61. The summed E-state index contributed by atoms with van der Waals surface area (Å²) < 4.78 is 41.5. The van der Waals surface area contributed by atoms with Crippen LogP contribution in [0.1, 0.15) is 132 Å². The number of fused-ring (bicyclic) bond motifs is 3. The number of aliphatic hydroxyl groups excluding tert-OH is 1. The fourth-order valence-electron chi connectivity index (χ4n) is 10.7. The van der Waals surface area contributed by atoms with Crippen molar-refractivity contribution in [3.63, 3.8) is 0 Å². The van der Waals surface area contributed by atoms with Gasteiger partial charge in [-0.15, -0.1) is 0 Å². The molecule has 70 heavy (non-hydrogen) atoms. The minimum absolute atomic E-state index is 0.0195. The Kier molecular flexibility index (Phi) is 24.3. The zero-order chi connectivity index (χ0) is 51.7. The van der Waals surface area contributed by atoms with Gasteiger partial charge in [-0.25, -0.2) is 4.79 Å². The normalized spacial score (nSPS) is 38.4. The molecule has 2 saturated heterocycles. The van der Waals surface area contributed by atoms with Gasteiger partial charge in [-0.05, 0) is 114 Å². The molecule has 4 rings (SSSR count). The highest BCUT2D eigenvalue weighted by molar-refractivity contribution is 6.39. The number of ketones is 3. The van der Waals surface area contributed by atoms with Crippen LogP contribution < -0.4 is 0 Å². The molecule has 1 saturated carbocycles. The molecule has 15 heteroatoms. The first-order valence-electron chi connectivity index (χ1n) is 26.0. The summed E-state index contributed by atoms with van der Waals surface area (Å²) in [6, 6.07) is -1.14. The molecule has 396 valence electrons. The van der Waals surface area contributed by atoms with Crippen molar-refractivity contribution in [2.24, 2.45) is 35.5 Å². The van der Waals surface area contributed by atoms with E-state index in [0.717, 1.165) is 18.4 Å². The number of carbonyl (C=O) groups excluding carboxylic acids is 5. The molecular weight excluding hydrogens is 899 g/mol. The van der Waals surface area contributed by atoms with Gasteiger partial charge in [0.25, 0.3) is 11.7 Å². The number of ether oxygens (including phenoxy) is 7. The number of piperidine rings is 1. The lowest BCUT2D eigenvalue weighted by Gasteiger charge is -2.42. The minimum Gasteiger partial charge on any atom is -0.460 e. The van der Waals surface area contributed by atoms with Crippen LogP contribution >= 0.6 is 0 Å². The first kappa shape index (κ1) is 59.2. The Morgan fingerprint density at radius 2 is 1.59 bits per heavy atom. The smallest absolute Gasteiger partial charge is 0.329 e. The van der Waals surface area contributed by atoms with Crippen molar-refractivity contribution in [1.29, 1.82) is 0 Å². The molecule has 0 aromatic carbocycles. The molecule has 3 fully saturated rings.